The predicted octanol–water partition coefficient (Wildman–Crippen LogP) is 4.02. The van der Waals surface area contributed by atoms with Gasteiger partial charge in [0.2, 0.25) is 0 Å². The number of benzene rings is 3. The van der Waals surface area contributed by atoms with Gasteiger partial charge in [0.1, 0.15) is 0 Å². The number of carbonyl (C=O) groups excluding carboxylic acids is 2. The first-order valence-electron chi connectivity index (χ1n) is 10.7. The van der Waals surface area contributed by atoms with E-state index < -0.39 is 5.91 Å². The summed E-state index contributed by atoms with van der Waals surface area (Å²) >= 11 is 0. The molecule has 33 heavy (non-hydrogen) atoms. The van der Waals surface area contributed by atoms with E-state index in [0.717, 1.165) is 0 Å². The van der Waals surface area contributed by atoms with Gasteiger partial charge in [-0.3, -0.25) is 14.4 Å². The quantitative estimate of drug-likeness (QED) is 0.474. The van der Waals surface area contributed by atoms with Gasteiger partial charge >= 0.3 is 0 Å². The van der Waals surface area contributed by atoms with Crippen LogP contribution in [0.2, 0.25) is 0 Å². The van der Waals surface area contributed by atoms with Gasteiger partial charge in [-0.1, -0.05) is 62.4 Å². The molecule has 3 aromatic carbocycles. The first kappa shape index (κ1) is 22.0. The number of hydrogen-bond donors (Lipinski definition) is 2. The first-order valence-corrected chi connectivity index (χ1v) is 10.7. The Balaban J connectivity index is 1.75. The number of hydrogen-bond acceptors (Lipinski definition) is 4. The van der Waals surface area contributed by atoms with Gasteiger partial charge in [0.15, 0.2) is 5.69 Å². The van der Waals surface area contributed by atoms with Gasteiger partial charge in [0.25, 0.3) is 17.4 Å². The molecule has 2 amide bonds. The number of rotatable bonds is 6. The molecule has 7 nitrogen and oxygen atoms in total. The van der Waals surface area contributed by atoms with Crippen molar-refractivity contribution < 1.29 is 9.59 Å². The largest absolute Gasteiger partial charge is 0.352 e. The third-order valence-corrected chi connectivity index (χ3v) is 5.11. The van der Waals surface area contributed by atoms with Crippen molar-refractivity contribution in [2.45, 2.75) is 13.8 Å². The highest BCUT2D eigenvalue weighted by Gasteiger charge is 2.20. The van der Waals surface area contributed by atoms with Gasteiger partial charge in [0.05, 0.1) is 22.3 Å². The Morgan fingerprint density at radius 1 is 0.848 bits per heavy atom. The molecule has 1 aromatic heterocycles. The molecule has 7 heteroatoms. The smallest absolute Gasteiger partial charge is 0.279 e. The van der Waals surface area contributed by atoms with Crippen molar-refractivity contribution in [3.63, 3.8) is 0 Å². The summed E-state index contributed by atoms with van der Waals surface area (Å²) in [5.74, 6) is -0.489. The van der Waals surface area contributed by atoms with E-state index in [4.69, 9.17) is 0 Å². The lowest BCUT2D eigenvalue weighted by molar-refractivity contribution is 0.0950. The van der Waals surface area contributed by atoms with E-state index in [9.17, 15) is 14.4 Å². The first-order chi connectivity index (χ1) is 16.0. The van der Waals surface area contributed by atoms with Crippen molar-refractivity contribution in [1.29, 1.82) is 0 Å². The lowest BCUT2D eigenvalue weighted by atomic mass is 10.1. The van der Waals surface area contributed by atoms with Crippen LogP contribution < -0.4 is 16.2 Å². The van der Waals surface area contributed by atoms with E-state index >= 15 is 0 Å². The molecule has 2 N–H and O–H groups in total. The molecule has 0 aliphatic rings. The van der Waals surface area contributed by atoms with E-state index in [1.165, 1.54) is 4.68 Å². The lowest BCUT2D eigenvalue weighted by Gasteiger charge is -2.14. The van der Waals surface area contributed by atoms with Crippen LogP contribution >= 0.6 is 0 Å². The monoisotopic (exact) mass is 440 g/mol. The number of aromatic nitrogens is 2. The van der Waals surface area contributed by atoms with Crippen molar-refractivity contribution in [3.8, 4) is 5.69 Å². The number of amides is 2. The Hall–Kier alpha value is -4.26. The summed E-state index contributed by atoms with van der Waals surface area (Å²) in [4.78, 5) is 39.1. The van der Waals surface area contributed by atoms with Crippen LogP contribution in [0, 0.1) is 5.92 Å². The molecule has 0 aliphatic heterocycles. The van der Waals surface area contributed by atoms with Crippen molar-refractivity contribution in [2.24, 2.45) is 5.92 Å². The number of para-hydroxylation sites is 2. The lowest BCUT2D eigenvalue weighted by Crippen LogP contribution is -2.29. The highest BCUT2D eigenvalue weighted by molar-refractivity contribution is 6.13. The second-order valence-electron chi connectivity index (χ2n) is 8.05. The molecular formula is C26H24N4O3. The van der Waals surface area contributed by atoms with E-state index in [-0.39, 0.29) is 17.2 Å². The fourth-order valence-corrected chi connectivity index (χ4v) is 3.47. The third kappa shape index (κ3) is 4.67. The topological polar surface area (TPSA) is 93.1 Å². The highest BCUT2D eigenvalue weighted by atomic mass is 16.2. The van der Waals surface area contributed by atoms with Crippen LogP contribution in [0.5, 0.6) is 0 Å². The zero-order chi connectivity index (χ0) is 23.4. The van der Waals surface area contributed by atoms with Gasteiger partial charge in [-0.2, -0.15) is 9.78 Å². The maximum absolute atomic E-state index is 13.3. The summed E-state index contributed by atoms with van der Waals surface area (Å²) in [6.07, 6.45) is 0. The minimum Gasteiger partial charge on any atom is -0.352 e. The van der Waals surface area contributed by atoms with E-state index in [0.29, 0.717) is 40.2 Å². The normalized spacial score (nSPS) is 10.9. The third-order valence-electron chi connectivity index (χ3n) is 5.11. The van der Waals surface area contributed by atoms with Crippen LogP contribution in [-0.4, -0.2) is 28.1 Å². The molecule has 1 heterocycles. The van der Waals surface area contributed by atoms with Crippen molar-refractivity contribution in [2.75, 3.05) is 11.9 Å². The summed E-state index contributed by atoms with van der Waals surface area (Å²) < 4.78 is 1.22. The molecule has 4 aromatic rings. The van der Waals surface area contributed by atoms with Crippen LogP contribution in [0.25, 0.3) is 16.5 Å². The number of anilines is 1. The van der Waals surface area contributed by atoms with Crippen LogP contribution in [-0.2, 0) is 0 Å². The Labute approximate surface area is 191 Å². The van der Waals surface area contributed by atoms with Crippen molar-refractivity contribution in [1.82, 2.24) is 15.1 Å². The Bertz CT molecular complexity index is 1380. The zero-order valence-corrected chi connectivity index (χ0v) is 18.4. The number of fused-ring (bicyclic) bond motifs is 1. The molecule has 0 saturated carbocycles. The molecule has 0 bridgehead atoms. The maximum Gasteiger partial charge on any atom is 0.279 e. The summed E-state index contributed by atoms with van der Waals surface area (Å²) in [5.41, 5.74) is 1.04. The van der Waals surface area contributed by atoms with E-state index in [1.54, 1.807) is 72.8 Å². The maximum atomic E-state index is 13.3. The average molecular weight is 441 g/mol. The molecule has 4 rings (SSSR count). The molecule has 0 radical (unpaired) electrons. The SMILES string of the molecule is CC(C)CNC(=O)c1ccccc1NC(=O)c1nn(-c2ccccc2)c(=O)c2ccccc12. The molecule has 0 fully saturated rings. The van der Waals surface area contributed by atoms with Crippen LogP contribution in [0.3, 0.4) is 0 Å². The minimum absolute atomic E-state index is 0.0893. The molecule has 0 unspecified atom stereocenters. The summed E-state index contributed by atoms with van der Waals surface area (Å²) in [7, 11) is 0. The molecule has 0 saturated heterocycles. The van der Waals surface area contributed by atoms with Gasteiger partial charge < -0.3 is 10.6 Å². The minimum atomic E-state index is -0.514. The predicted molar refractivity (Wildman–Crippen MR) is 129 cm³/mol. The number of nitrogens with zero attached hydrogens (tertiary/aromatic N) is 2. The van der Waals surface area contributed by atoms with Gasteiger partial charge in [0, 0.05) is 11.9 Å². The van der Waals surface area contributed by atoms with E-state index in [2.05, 4.69) is 15.7 Å². The number of carbonyl (C=O) groups is 2. The molecule has 0 spiro atoms. The van der Waals surface area contributed by atoms with Crippen LogP contribution in [0.4, 0.5) is 5.69 Å². The molecule has 0 aliphatic carbocycles. The van der Waals surface area contributed by atoms with Crippen molar-refractivity contribution >= 4 is 28.3 Å². The van der Waals surface area contributed by atoms with E-state index in [1.807, 2.05) is 19.9 Å². The fraction of sp³-hybridized carbons (Fsp3) is 0.154. The Kier molecular flexibility index (Phi) is 6.31. The Morgan fingerprint density at radius 2 is 1.48 bits per heavy atom. The Morgan fingerprint density at radius 3 is 2.21 bits per heavy atom. The molecular weight excluding hydrogens is 416 g/mol. The average Bonchev–Trinajstić information content (AvgIpc) is 2.83. The van der Waals surface area contributed by atoms with Gasteiger partial charge in [-0.15, -0.1) is 0 Å². The van der Waals surface area contributed by atoms with Crippen molar-refractivity contribution in [3.05, 3.63) is 100 Å². The van der Waals surface area contributed by atoms with Gasteiger partial charge in [-0.25, -0.2) is 0 Å². The van der Waals surface area contributed by atoms with Crippen LogP contribution in [0.1, 0.15) is 34.7 Å². The highest BCUT2D eigenvalue weighted by Crippen LogP contribution is 2.19. The fourth-order valence-electron chi connectivity index (χ4n) is 3.47. The second kappa shape index (κ2) is 9.48. The van der Waals surface area contributed by atoms with Crippen LogP contribution in [0.15, 0.2) is 83.7 Å². The summed E-state index contributed by atoms with van der Waals surface area (Å²) in [6, 6.07) is 22.6. The van der Waals surface area contributed by atoms with Gasteiger partial charge in [-0.05, 0) is 36.2 Å². The zero-order valence-electron chi connectivity index (χ0n) is 18.4. The number of nitrogens with one attached hydrogen (secondary N) is 2. The second-order valence-corrected chi connectivity index (χ2v) is 8.05. The standard InChI is InChI=1S/C26H24N4O3/c1-17(2)16-27-24(31)21-14-8-9-15-22(21)28-25(32)23-19-12-6-7-13-20(19)26(33)30(29-23)18-10-4-3-5-11-18/h3-15,17H,16H2,1-2H3,(H,27,31)(H,28,32). The summed E-state index contributed by atoms with van der Waals surface area (Å²) in [5, 5.41) is 10.9. The molecule has 0 atom stereocenters. The summed E-state index contributed by atoms with van der Waals surface area (Å²) in [6.45, 7) is 4.54. The molecule has 166 valence electrons.